The van der Waals surface area contributed by atoms with Crippen LogP contribution in [-0.2, 0) is 0 Å². The second kappa shape index (κ2) is 10.7. The predicted molar refractivity (Wildman–Crippen MR) is 142 cm³/mol. The van der Waals surface area contributed by atoms with Gasteiger partial charge in [-0.25, -0.2) is 15.0 Å². The fraction of sp³-hybridized carbons (Fsp3) is 0.375. The first-order valence-electron chi connectivity index (χ1n) is 11.2. The third kappa shape index (κ3) is 5.32. The van der Waals surface area contributed by atoms with E-state index in [0.717, 1.165) is 47.9 Å². The lowest BCUT2D eigenvalue weighted by atomic mass is 10.0. The smallest absolute Gasteiger partial charge is 0.245 e. The Balaban J connectivity index is 0.00000171. The predicted octanol–water partition coefficient (Wildman–Crippen LogP) is 3.85. The lowest BCUT2D eigenvalue weighted by molar-refractivity contribution is 0.365. The van der Waals surface area contributed by atoms with Crippen molar-refractivity contribution in [1.29, 1.82) is 0 Å². The molecule has 0 spiro atoms. The number of imidazole rings is 1. The van der Waals surface area contributed by atoms with E-state index in [4.69, 9.17) is 0 Å². The minimum atomic E-state index is 0. The van der Waals surface area contributed by atoms with Crippen LogP contribution in [0.4, 0.5) is 5.95 Å². The van der Waals surface area contributed by atoms with Crippen LogP contribution in [0.15, 0.2) is 36.8 Å². The lowest BCUT2D eigenvalue weighted by Gasteiger charge is -2.35. The molecular weight excluding hydrogens is 487 g/mol. The number of halogens is 2. The monoisotopic (exact) mass is 516 g/mol. The Morgan fingerprint density at radius 2 is 1.86 bits per heavy atom. The van der Waals surface area contributed by atoms with Crippen molar-refractivity contribution >= 4 is 36.4 Å². The van der Waals surface area contributed by atoms with E-state index < -0.39 is 0 Å². The van der Waals surface area contributed by atoms with E-state index in [-0.39, 0.29) is 30.6 Å². The number of anilines is 1. The quantitative estimate of drug-likeness (QED) is 0.421. The summed E-state index contributed by atoms with van der Waals surface area (Å²) in [7, 11) is 0. The van der Waals surface area contributed by atoms with Gasteiger partial charge in [-0.1, -0.05) is 19.9 Å². The molecule has 0 aliphatic carbocycles. The van der Waals surface area contributed by atoms with Crippen LogP contribution in [0.2, 0.25) is 0 Å². The van der Waals surface area contributed by atoms with Crippen LogP contribution < -0.4 is 10.2 Å². The molecule has 1 saturated heterocycles. The van der Waals surface area contributed by atoms with E-state index in [2.05, 4.69) is 49.2 Å². The van der Waals surface area contributed by atoms with Crippen LogP contribution >= 0.6 is 24.8 Å². The van der Waals surface area contributed by atoms with Gasteiger partial charge >= 0.3 is 0 Å². The molecule has 2 N–H and O–H groups in total. The molecule has 186 valence electrons. The average Bonchev–Trinajstić information content (AvgIpc) is 3.20. The van der Waals surface area contributed by atoms with Gasteiger partial charge in [-0.15, -0.1) is 35.0 Å². The number of phenols is 1. The summed E-state index contributed by atoms with van der Waals surface area (Å²) in [5.74, 6) is 1.26. The molecule has 3 aromatic heterocycles. The maximum absolute atomic E-state index is 10.7. The van der Waals surface area contributed by atoms with Crippen molar-refractivity contribution in [2.45, 2.75) is 33.7 Å². The highest BCUT2D eigenvalue weighted by molar-refractivity contribution is 5.85. The van der Waals surface area contributed by atoms with Gasteiger partial charge < -0.3 is 19.7 Å². The summed E-state index contributed by atoms with van der Waals surface area (Å²) < 4.78 is 1.96. The van der Waals surface area contributed by atoms with Crippen molar-refractivity contribution in [2.24, 2.45) is 5.92 Å². The second-order valence-electron chi connectivity index (χ2n) is 8.95. The Hall–Kier alpha value is -3.01. The van der Waals surface area contributed by atoms with Crippen LogP contribution in [0, 0.1) is 19.8 Å². The summed E-state index contributed by atoms with van der Waals surface area (Å²) in [4.78, 5) is 15.8. The standard InChI is InChI=1S/C24H28N8O.2ClH/c1-14(2)20-12-31(8-7-25-20)24-26-10-19(29-30-24)18-6-5-17(9-22(18)33)21-13-32-11-15(3)27-23(32)16(4)28-21;;/h5-6,9-11,13-14,20,25,33H,7-8,12H2,1-4H3;2*1H/t20-;;/m1../s1. The Morgan fingerprint density at radius 1 is 1.06 bits per heavy atom. The van der Waals surface area contributed by atoms with Gasteiger partial charge in [0.15, 0.2) is 5.65 Å². The van der Waals surface area contributed by atoms with Crippen molar-refractivity contribution < 1.29 is 5.11 Å². The number of nitrogens with one attached hydrogen (secondary N) is 1. The molecule has 0 saturated carbocycles. The Labute approximate surface area is 216 Å². The van der Waals surface area contributed by atoms with Gasteiger partial charge in [0.05, 0.1) is 23.3 Å². The molecule has 11 heteroatoms. The van der Waals surface area contributed by atoms with Gasteiger partial charge in [0, 0.05) is 49.2 Å². The summed E-state index contributed by atoms with van der Waals surface area (Å²) in [5, 5.41) is 23.0. The first-order chi connectivity index (χ1) is 15.9. The molecule has 0 unspecified atom stereocenters. The zero-order valence-electron chi connectivity index (χ0n) is 20.1. The molecule has 1 atom stereocenters. The molecule has 1 aromatic carbocycles. The van der Waals surface area contributed by atoms with Crippen molar-refractivity contribution in [2.75, 3.05) is 24.5 Å². The number of piperazine rings is 1. The number of phenolic OH excluding ortho intramolecular Hbond substituents is 1. The third-order valence-corrected chi connectivity index (χ3v) is 6.14. The zero-order chi connectivity index (χ0) is 23.1. The normalized spacial score (nSPS) is 15.7. The van der Waals surface area contributed by atoms with Gasteiger partial charge in [-0.2, -0.15) is 0 Å². The van der Waals surface area contributed by atoms with Crippen molar-refractivity contribution in [1.82, 2.24) is 34.9 Å². The van der Waals surface area contributed by atoms with Crippen LogP contribution in [0.1, 0.15) is 25.2 Å². The molecule has 35 heavy (non-hydrogen) atoms. The average molecular weight is 517 g/mol. The highest BCUT2D eigenvalue weighted by atomic mass is 35.5. The van der Waals surface area contributed by atoms with E-state index in [0.29, 0.717) is 29.2 Å². The molecule has 0 radical (unpaired) electrons. The number of rotatable bonds is 4. The molecule has 4 heterocycles. The highest BCUT2D eigenvalue weighted by Crippen LogP contribution is 2.32. The molecule has 1 aliphatic heterocycles. The summed E-state index contributed by atoms with van der Waals surface area (Å²) >= 11 is 0. The Morgan fingerprint density at radius 3 is 2.54 bits per heavy atom. The molecule has 1 aliphatic rings. The van der Waals surface area contributed by atoms with Crippen LogP contribution in [-0.4, -0.2) is 60.3 Å². The number of hydrogen-bond acceptors (Lipinski definition) is 8. The van der Waals surface area contributed by atoms with E-state index >= 15 is 0 Å². The molecule has 9 nitrogen and oxygen atoms in total. The molecule has 5 rings (SSSR count). The minimum Gasteiger partial charge on any atom is -0.507 e. The fourth-order valence-electron chi connectivity index (χ4n) is 4.26. The molecule has 4 aromatic rings. The van der Waals surface area contributed by atoms with Crippen molar-refractivity contribution in [3.05, 3.63) is 48.2 Å². The Bertz CT molecular complexity index is 1310. The number of benzene rings is 1. The lowest BCUT2D eigenvalue weighted by Crippen LogP contribution is -2.53. The summed E-state index contributed by atoms with van der Waals surface area (Å²) in [6.07, 6.45) is 5.56. The number of nitrogens with zero attached hydrogens (tertiary/aromatic N) is 7. The van der Waals surface area contributed by atoms with Gasteiger partial charge in [0.1, 0.15) is 11.4 Å². The number of aromatic hydroxyl groups is 1. The van der Waals surface area contributed by atoms with Gasteiger partial charge in [0.2, 0.25) is 5.95 Å². The summed E-state index contributed by atoms with van der Waals surface area (Å²) in [5.41, 5.74) is 5.29. The van der Waals surface area contributed by atoms with Crippen molar-refractivity contribution in [3.8, 4) is 28.3 Å². The maximum Gasteiger partial charge on any atom is 0.245 e. The Kier molecular flexibility index (Phi) is 8.15. The van der Waals surface area contributed by atoms with Gasteiger partial charge in [0.25, 0.3) is 0 Å². The molecule has 0 amide bonds. The van der Waals surface area contributed by atoms with Gasteiger partial charge in [-0.05, 0) is 31.9 Å². The second-order valence-corrected chi connectivity index (χ2v) is 8.95. The van der Waals surface area contributed by atoms with E-state index in [9.17, 15) is 5.11 Å². The SMILES string of the molecule is Cc1cn2cc(-c3ccc(-c4cnc(N5CCN[C@@H](C(C)C)C5)nn4)c(O)c3)nc(C)c2n1.Cl.Cl. The van der Waals surface area contributed by atoms with E-state index in [1.54, 1.807) is 12.3 Å². The van der Waals surface area contributed by atoms with E-state index in [1.165, 1.54) is 0 Å². The first kappa shape index (κ1) is 26.6. The molecule has 1 fully saturated rings. The van der Waals surface area contributed by atoms with E-state index in [1.807, 2.05) is 42.8 Å². The van der Waals surface area contributed by atoms with Gasteiger partial charge in [-0.3, -0.25) is 0 Å². The third-order valence-electron chi connectivity index (χ3n) is 6.14. The van der Waals surface area contributed by atoms with Crippen LogP contribution in [0.3, 0.4) is 0 Å². The number of hydrogen-bond donors (Lipinski definition) is 2. The largest absolute Gasteiger partial charge is 0.507 e. The number of aryl methyl sites for hydroxylation is 2. The molecule has 0 bridgehead atoms. The first-order valence-corrected chi connectivity index (χ1v) is 11.2. The number of aromatic nitrogens is 6. The summed E-state index contributed by atoms with van der Waals surface area (Å²) in [6.45, 7) is 10.9. The maximum atomic E-state index is 10.7. The fourth-order valence-corrected chi connectivity index (χ4v) is 4.26. The van der Waals surface area contributed by atoms with Crippen LogP contribution in [0.5, 0.6) is 5.75 Å². The zero-order valence-corrected chi connectivity index (χ0v) is 21.8. The molecular formula is C24H30Cl2N8O. The highest BCUT2D eigenvalue weighted by Gasteiger charge is 2.24. The van der Waals surface area contributed by atoms with Crippen LogP contribution in [0.25, 0.3) is 28.2 Å². The van der Waals surface area contributed by atoms with Crippen molar-refractivity contribution in [3.63, 3.8) is 0 Å². The number of fused-ring (bicyclic) bond motifs is 1. The topological polar surface area (TPSA) is 104 Å². The minimum absolute atomic E-state index is 0. The summed E-state index contributed by atoms with van der Waals surface area (Å²) in [6, 6.07) is 5.86.